The number of anilines is 3. The molecule has 1 aromatic heterocycles. The van der Waals surface area contributed by atoms with Gasteiger partial charge in [-0.15, -0.1) is 0 Å². The van der Waals surface area contributed by atoms with Gasteiger partial charge in [0.05, 0.1) is 5.56 Å². The maximum atomic E-state index is 13.2. The number of hydrogen-bond donors (Lipinski definition) is 1. The van der Waals surface area contributed by atoms with E-state index in [9.17, 15) is 18.0 Å². The fourth-order valence-electron chi connectivity index (χ4n) is 5.03. The Labute approximate surface area is 214 Å². The van der Waals surface area contributed by atoms with Gasteiger partial charge in [0.15, 0.2) is 0 Å². The van der Waals surface area contributed by atoms with Crippen molar-refractivity contribution in [3.63, 3.8) is 0 Å². The Morgan fingerprint density at radius 2 is 1.49 bits per heavy atom. The Morgan fingerprint density at radius 1 is 0.811 bits per heavy atom. The molecule has 2 aromatic carbocycles. The number of pyridine rings is 1. The highest BCUT2D eigenvalue weighted by molar-refractivity contribution is 6.09. The summed E-state index contributed by atoms with van der Waals surface area (Å²) in [4.78, 5) is 22.2. The maximum absolute atomic E-state index is 13.2. The molecular formula is C29H29F3N4O. The van der Waals surface area contributed by atoms with E-state index >= 15 is 0 Å². The van der Waals surface area contributed by atoms with E-state index in [2.05, 4.69) is 20.1 Å². The summed E-state index contributed by atoms with van der Waals surface area (Å²) in [5, 5.41) is 2.99. The van der Waals surface area contributed by atoms with Crippen molar-refractivity contribution in [3.05, 3.63) is 89.6 Å². The Morgan fingerprint density at radius 3 is 2.14 bits per heavy atom. The van der Waals surface area contributed by atoms with Crippen LogP contribution in [0.1, 0.15) is 36.8 Å². The van der Waals surface area contributed by atoms with E-state index in [1.165, 1.54) is 12.1 Å². The predicted octanol–water partition coefficient (Wildman–Crippen LogP) is 6.39. The van der Waals surface area contributed by atoms with Crippen molar-refractivity contribution in [2.45, 2.75) is 31.9 Å². The number of amides is 1. The fourth-order valence-corrected chi connectivity index (χ4v) is 5.03. The van der Waals surface area contributed by atoms with Crippen LogP contribution in [0.4, 0.5) is 30.4 Å². The standard InChI is InChI=1S/C29H29F3N4O/c30-29(31,32)22-10-8-21(9-11-22)25-5-1-2-6-26(25)28(37)34-23-12-14-24(15-13-23)35-17-19-36(20-18-35)27-7-3-4-16-33-27/h3-4,7-16H,1-2,5-6,17-20H2,(H,34,37). The first-order valence-corrected chi connectivity index (χ1v) is 12.6. The summed E-state index contributed by atoms with van der Waals surface area (Å²) < 4.78 is 38.9. The van der Waals surface area contributed by atoms with E-state index in [1.54, 1.807) is 0 Å². The van der Waals surface area contributed by atoms with Gasteiger partial charge in [0.25, 0.3) is 5.91 Å². The number of nitrogens with one attached hydrogen (secondary N) is 1. The van der Waals surface area contributed by atoms with Crippen LogP contribution in [0.3, 0.4) is 0 Å². The molecule has 192 valence electrons. The molecule has 1 N–H and O–H groups in total. The highest BCUT2D eigenvalue weighted by Crippen LogP contribution is 2.35. The van der Waals surface area contributed by atoms with E-state index in [0.717, 1.165) is 68.2 Å². The topological polar surface area (TPSA) is 48.5 Å². The van der Waals surface area contributed by atoms with Crippen LogP contribution in [0.15, 0.2) is 78.5 Å². The lowest BCUT2D eigenvalue weighted by molar-refractivity contribution is -0.137. The number of nitrogens with zero attached hydrogens (tertiary/aromatic N) is 3. The van der Waals surface area contributed by atoms with Crippen LogP contribution in [-0.2, 0) is 11.0 Å². The van der Waals surface area contributed by atoms with Crippen LogP contribution < -0.4 is 15.1 Å². The highest BCUT2D eigenvalue weighted by Gasteiger charge is 2.30. The van der Waals surface area contributed by atoms with Crippen molar-refractivity contribution in [1.29, 1.82) is 0 Å². The Bertz CT molecular complexity index is 1250. The second kappa shape index (κ2) is 10.7. The maximum Gasteiger partial charge on any atom is 0.416 e. The minimum Gasteiger partial charge on any atom is -0.368 e. The van der Waals surface area contributed by atoms with Crippen molar-refractivity contribution in [3.8, 4) is 0 Å². The summed E-state index contributed by atoms with van der Waals surface area (Å²) in [5.74, 6) is 0.805. The molecule has 0 atom stereocenters. The van der Waals surface area contributed by atoms with Gasteiger partial charge >= 0.3 is 6.18 Å². The van der Waals surface area contributed by atoms with Gasteiger partial charge in [0, 0.05) is 49.3 Å². The van der Waals surface area contributed by atoms with Gasteiger partial charge in [0.2, 0.25) is 0 Å². The molecule has 2 aliphatic rings. The molecule has 37 heavy (non-hydrogen) atoms. The van der Waals surface area contributed by atoms with E-state index in [4.69, 9.17) is 0 Å². The monoisotopic (exact) mass is 506 g/mol. The summed E-state index contributed by atoms with van der Waals surface area (Å²) in [7, 11) is 0. The second-order valence-corrected chi connectivity index (χ2v) is 9.40. The number of carbonyl (C=O) groups is 1. The Kier molecular flexibility index (Phi) is 7.17. The molecule has 0 radical (unpaired) electrons. The van der Waals surface area contributed by atoms with Crippen molar-refractivity contribution in [1.82, 2.24) is 4.98 Å². The average molecular weight is 507 g/mol. The van der Waals surface area contributed by atoms with Gasteiger partial charge in [-0.25, -0.2) is 4.98 Å². The summed E-state index contributed by atoms with van der Waals surface area (Å²) in [5.41, 5.74) is 3.28. The minimum atomic E-state index is -4.38. The molecule has 1 fully saturated rings. The lowest BCUT2D eigenvalue weighted by Crippen LogP contribution is -2.46. The van der Waals surface area contributed by atoms with Gasteiger partial charge in [-0.2, -0.15) is 13.2 Å². The van der Waals surface area contributed by atoms with E-state index in [1.807, 2.05) is 48.7 Å². The number of halogens is 3. The molecular weight excluding hydrogens is 477 g/mol. The quantitative estimate of drug-likeness (QED) is 0.436. The minimum absolute atomic E-state index is 0.189. The average Bonchev–Trinajstić information content (AvgIpc) is 2.94. The van der Waals surface area contributed by atoms with Gasteiger partial charge in [-0.05, 0) is 85.4 Å². The van der Waals surface area contributed by atoms with Gasteiger partial charge < -0.3 is 15.1 Å². The number of benzene rings is 2. The van der Waals surface area contributed by atoms with Crippen LogP contribution in [0.2, 0.25) is 0 Å². The first-order chi connectivity index (χ1) is 17.9. The molecule has 1 aliphatic carbocycles. The molecule has 0 spiro atoms. The van der Waals surface area contributed by atoms with Crippen LogP contribution in [0.25, 0.3) is 5.57 Å². The lowest BCUT2D eigenvalue weighted by Gasteiger charge is -2.36. The summed E-state index contributed by atoms with van der Waals surface area (Å²) in [6.45, 7) is 3.53. The number of carbonyl (C=O) groups excluding carboxylic acids is 1. The first kappa shape index (κ1) is 24.9. The number of aromatic nitrogens is 1. The molecule has 2 heterocycles. The summed E-state index contributed by atoms with van der Waals surface area (Å²) in [6, 6.07) is 18.9. The molecule has 0 bridgehead atoms. The fraction of sp³-hybridized carbons (Fsp3) is 0.310. The van der Waals surface area contributed by atoms with Crippen LogP contribution in [0.5, 0.6) is 0 Å². The number of allylic oxidation sites excluding steroid dienone is 1. The molecule has 1 saturated heterocycles. The smallest absolute Gasteiger partial charge is 0.368 e. The molecule has 5 nitrogen and oxygen atoms in total. The van der Waals surface area contributed by atoms with Crippen LogP contribution >= 0.6 is 0 Å². The van der Waals surface area contributed by atoms with E-state index in [-0.39, 0.29) is 5.91 Å². The lowest BCUT2D eigenvalue weighted by atomic mass is 9.86. The largest absolute Gasteiger partial charge is 0.416 e. The van der Waals surface area contributed by atoms with Gasteiger partial charge in [0.1, 0.15) is 5.82 Å². The predicted molar refractivity (Wildman–Crippen MR) is 141 cm³/mol. The van der Waals surface area contributed by atoms with Crippen molar-refractivity contribution in [2.24, 2.45) is 0 Å². The Balaban J connectivity index is 1.24. The van der Waals surface area contributed by atoms with Crippen molar-refractivity contribution in [2.75, 3.05) is 41.3 Å². The van der Waals surface area contributed by atoms with Gasteiger partial charge in [-0.3, -0.25) is 4.79 Å². The second-order valence-electron chi connectivity index (χ2n) is 9.40. The number of hydrogen-bond acceptors (Lipinski definition) is 4. The number of alkyl halides is 3. The number of rotatable bonds is 5. The highest BCUT2D eigenvalue weighted by atomic mass is 19.4. The zero-order valence-corrected chi connectivity index (χ0v) is 20.5. The van der Waals surface area contributed by atoms with Crippen LogP contribution in [0, 0.1) is 0 Å². The first-order valence-electron chi connectivity index (χ1n) is 12.6. The zero-order valence-electron chi connectivity index (χ0n) is 20.5. The third-order valence-electron chi connectivity index (χ3n) is 7.05. The number of piperazine rings is 1. The van der Waals surface area contributed by atoms with Crippen molar-refractivity contribution < 1.29 is 18.0 Å². The molecule has 3 aromatic rings. The third-order valence-corrected chi connectivity index (χ3v) is 7.05. The molecule has 8 heteroatoms. The molecule has 0 saturated carbocycles. The van der Waals surface area contributed by atoms with E-state index < -0.39 is 11.7 Å². The molecule has 1 aliphatic heterocycles. The van der Waals surface area contributed by atoms with Crippen molar-refractivity contribution >= 4 is 28.7 Å². The summed E-state index contributed by atoms with van der Waals surface area (Å²) in [6.07, 6.45) is 0.521. The Hall–Kier alpha value is -3.81. The van der Waals surface area contributed by atoms with Crippen LogP contribution in [-0.4, -0.2) is 37.1 Å². The summed E-state index contributed by atoms with van der Waals surface area (Å²) >= 11 is 0. The molecule has 5 rings (SSSR count). The van der Waals surface area contributed by atoms with E-state index in [0.29, 0.717) is 29.7 Å². The van der Waals surface area contributed by atoms with Gasteiger partial charge in [-0.1, -0.05) is 18.2 Å². The third kappa shape index (κ3) is 5.79. The zero-order chi connectivity index (χ0) is 25.8. The molecule has 0 unspecified atom stereocenters. The normalized spacial score (nSPS) is 16.6. The molecule has 1 amide bonds. The SMILES string of the molecule is O=C(Nc1ccc(N2CCN(c3ccccn3)CC2)cc1)C1=C(c2ccc(C(F)(F)F)cc2)CCCC1.